The maximum atomic E-state index is 14.5. The van der Waals surface area contributed by atoms with Crippen molar-refractivity contribution in [1.29, 1.82) is 0 Å². The summed E-state index contributed by atoms with van der Waals surface area (Å²) in [5, 5.41) is 3.45. The first-order valence-electron chi connectivity index (χ1n) is 6.82. The average Bonchev–Trinajstić information content (AvgIpc) is 2.45. The quantitative estimate of drug-likeness (QED) is 0.889. The molecule has 1 unspecified atom stereocenters. The van der Waals surface area contributed by atoms with Crippen LogP contribution in [0.2, 0.25) is 0 Å². The van der Waals surface area contributed by atoms with E-state index in [0.717, 1.165) is 24.9 Å². The number of nitrogens with one attached hydrogen (secondary N) is 1. The average molecular weight is 267 g/mol. The number of piperidine rings is 1. The van der Waals surface area contributed by atoms with Gasteiger partial charge in [-0.2, -0.15) is 0 Å². The summed E-state index contributed by atoms with van der Waals surface area (Å²) in [6.07, 6.45) is 4.29. The predicted molar refractivity (Wildman–Crippen MR) is 73.0 cm³/mol. The van der Waals surface area contributed by atoms with Crippen LogP contribution in [0.25, 0.3) is 0 Å². The summed E-state index contributed by atoms with van der Waals surface area (Å²) in [5.74, 6) is 0.369. The second kappa shape index (κ2) is 6.87. The summed E-state index contributed by atoms with van der Waals surface area (Å²) in [4.78, 5) is 0. The maximum Gasteiger partial charge on any atom is 0.135 e. The number of halogens is 1. The highest BCUT2D eigenvalue weighted by Crippen LogP contribution is 2.26. The summed E-state index contributed by atoms with van der Waals surface area (Å²) in [6.45, 7) is 1.27. The molecule has 0 saturated carbocycles. The highest BCUT2D eigenvalue weighted by atomic mass is 19.1. The Balaban J connectivity index is 2.17. The van der Waals surface area contributed by atoms with E-state index in [9.17, 15) is 4.39 Å². The van der Waals surface area contributed by atoms with Gasteiger partial charge in [0.2, 0.25) is 0 Å². The van der Waals surface area contributed by atoms with E-state index in [1.807, 2.05) is 12.1 Å². The van der Waals surface area contributed by atoms with Crippen LogP contribution < -0.4 is 10.1 Å². The molecule has 0 radical (unpaired) electrons. The molecule has 19 heavy (non-hydrogen) atoms. The fourth-order valence-electron chi connectivity index (χ4n) is 2.64. The smallest absolute Gasteiger partial charge is 0.135 e. The first-order chi connectivity index (χ1) is 9.26. The fraction of sp³-hybridized carbons (Fsp3) is 0.600. The van der Waals surface area contributed by atoms with Crippen molar-refractivity contribution in [2.24, 2.45) is 0 Å². The van der Waals surface area contributed by atoms with Crippen molar-refractivity contribution < 1.29 is 13.9 Å². The van der Waals surface area contributed by atoms with Crippen molar-refractivity contribution in [2.45, 2.75) is 38.3 Å². The standard InChI is InChI=1S/C15H22FNO2/c1-18-10-13-14(19-2)7-6-11(15(13)16)9-12-5-3-4-8-17-12/h6-7,12,17H,3-5,8-10H2,1-2H3. The van der Waals surface area contributed by atoms with E-state index in [0.29, 0.717) is 17.4 Å². The second-order valence-corrected chi connectivity index (χ2v) is 5.00. The van der Waals surface area contributed by atoms with Gasteiger partial charge in [-0.05, 0) is 37.4 Å². The van der Waals surface area contributed by atoms with E-state index in [2.05, 4.69) is 5.32 Å². The summed E-state index contributed by atoms with van der Waals surface area (Å²) in [5.41, 5.74) is 1.26. The summed E-state index contributed by atoms with van der Waals surface area (Å²) >= 11 is 0. The molecule has 1 aromatic rings. The van der Waals surface area contributed by atoms with Gasteiger partial charge >= 0.3 is 0 Å². The van der Waals surface area contributed by atoms with Crippen LogP contribution in [0.15, 0.2) is 12.1 Å². The predicted octanol–water partition coefficient (Wildman–Crippen LogP) is 2.67. The van der Waals surface area contributed by atoms with Crippen LogP contribution in [0.3, 0.4) is 0 Å². The van der Waals surface area contributed by atoms with Crippen LogP contribution in [-0.4, -0.2) is 26.8 Å². The molecular formula is C15H22FNO2. The van der Waals surface area contributed by atoms with Crippen LogP contribution in [0.5, 0.6) is 5.75 Å². The normalized spacial score (nSPS) is 19.4. The van der Waals surface area contributed by atoms with Gasteiger partial charge in [0, 0.05) is 13.2 Å². The first kappa shape index (κ1) is 14.3. The topological polar surface area (TPSA) is 30.5 Å². The van der Waals surface area contributed by atoms with Crippen LogP contribution >= 0.6 is 0 Å². The van der Waals surface area contributed by atoms with E-state index in [-0.39, 0.29) is 12.4 Å². The minimum absolute atomic E-state index is 0.187. The third-order valence-electron chi connectivity index (χ3n) is 3.67. The highest BCUT2D eigenvalue weighted by Gasteiger charge is 2.18. The van der Waals surface area contributed by atoms with Gasteiger partial charge in [-0.15, -0.1) is 0 Å². The molecule has 106 valence electrons. The van der Waals surface area contributed by atoms with Crippen molar-refractivity contribution in [3.05, 3.63) is 29.1 Å². The number of hydrogen-bond acceptors (Lipinski definition) is 3. The number of rotatable bonds is 5. The zero-order valence-corrected chi connectivity index (χ0v) is 11.7. The van der Waals surface area contributed by atoms with Gasteiger partial charge in [-0.3, -0.25) is 0 Å². The van der Waals surface area contributed by atoms with Crippen LogP contribution in [-0.2, 0) is 17.8 Å². The molecule has 1 N–H and O–H groups in total. The Kier molecular flexibility index (Phi) is 5.16. The molecule has 1 atom stereocenters. The van der Waals surface area contributed by atoms with E-state index < -0.39 is 0 Å². The van der Waals surface area contributed by atoms with E-state index in [1.165, 1.54) is 12.8 Å². The van der Waals surface area contributed by atoms with Crippen molar-refractivity contribution in [2.75, 3.05) is 20.8 Å². The van der Waals surface area contributed by atoms with Gasteiger partial charge in [0.25, 0.3) is 0 Å². The lowest BCUT2D eigenvalue weighted by atomic mass is 9.96. The zero-order valence-electron chi connectivity index (χ0n) is 11.7. The lowest BCUT2D eigenvalue weighted by Gasteiger charge is -2.24. The molecule has 0 aromatic heterocycles. The summed E-state index contributed by atoms with van der Waals surface area (Å²) in [6, 6.07) is 4.03. The lowest BCUT2D eigenvalue weighted by Crippen LogP contribution is -2.35. The molecular weight excluding hydrogens is 245 g/mol. The van der Waals surface area contributed by atoms with E-state index in [1.54, 1.807) is 14.2 Å². The second-order valence-electron chi connectivity index (χ2n) is 5.00. The molecule has 1 saturated heterocycles. The van der Waals surface area contributed by atoms with Crippen molar-refractivity contribution >= 4 is 0 Å². The maximum absolute atomic E-state index is 14.5. The Morgan fingerprint density at radius 1 is 1.32 bits per heavy atom. The van der Waals surface area contributed by atoms with E-state index >= 15 is 0 Å². The molecule has 0 amide bonds. The number of methoxy groups -OCH3 is 2. The Labute approximate surface area is 114 Å². The molecule has 1 fully saturated rings. The van der Waals surface area contributed by atoms with Gasteiger partial charge in [0.1, 0.15) is 11.6 Å². The molecule has 1 heterocycles. The number of ether oxygens (including phenoxy) is 2. The zero-order chi connectivity index (χ0) is 13.7. The highest BCUT2D eigenvalue weighted by molar-refractivity contribution is 5.39. The van der Waals surface area contributed by atoms with Crippen LogP contribution in [0, 0.1) is 5.82 Å². The monoisotopic (exact) mass is 267 g/mol. The minimum Gasteiger partial charge on any atom is -0.496 e. The molecule has 0 bridgehead atoms. The summed E-state index contributed by atoms with van der Waals surface area (Å²) < 4.78 is 24.7. The van der Waals surface area contributed by atoms with Crippen LogP contribution in [0.4, 0.5) is 4.39 Å². The molecule has 4 heteroatoms. The number of benzene rings is 1. The Bertz CT molecular complexity index is 417. The minimum atomic E-state index is -0.187. The Morgan fingerprint density at radius 2 is 2.16 bits per heavy atom. The van der Waals surface area contributed by atoms with Gasteiger partial charge in [0.05, 0.1) is 19.3 Å². The van der Waals surface area contributed by atoms with Gasteiger partial charge in [-0.25, -0.2) is 4.39 Å². The van der Waals surface area contributed by atoms with E-state index in [4.69, 9.17) is 9.47 Å². The SMILES string of the molecule is COCc1c(OC)ccc(CC2CCCCN2)c1F. The first-order valence-corrected chi connectivity index (χ1v) is 6.82. The van der Waals surface area contributed by atoms with Crippen LogP contribution in [0.1, 0.15) is 30.4 Å². The molecule has 1 aliphatic rings. The Hall–Kier alpha value is -1.13. The lowest BCUT2D eigenvalue weighted by molar-refractivity contribution is 0.177. The molecule has 0 aliphatic carbocycles. The van der Waals surface area contributed by atoms with Crippen molar-refractivity contribution in [1.82, 2.24) is 5.32 Å². The fourth-order valence-corrected chi connectivity index (χ4v) is 2.64. The van der Waals surface area contributed by atoms with Gasteiger partial charge in [0.15, 0.2) is 0 Å². The number of hydrogen-bond donors (Lipinski definition) is 1. The Morgan fingerprint density at radius 3 is 2.79 bits per heavy atom. The largest absolute Gasteiger partial charge is 0.496 e. The third kappa shape index (κ3) is 3.45. The molecule has 0 spiro atoms. The van der Waals surface area contributed by atoms with Crippen molar-refractivity contribution in [3.63, 3.8) is 0 Å². The summed E-state index contributed by atoms with van der Waals surface area (Å²) in [7, 11) is 3.12. The third-order valence-corrected chi connectivity index (χ3v) is 3.67. The molecule has 1 aromatic carbocycles. The molecule has 3 nitrogen and oxygen atoms in total. The molecule has 2 rings (SSSR count). The van der Waals surface area contributed by atoms with Gasteiger partial charge in [-0.1, -0.05) is 12.5 Å². The van der Waals surface area contributed by atoms with Gasteiger partial charge < -0.3 is 14.8 Å². The molecule has 1 aliphatic heterocycles. The van der Waals surface area contributed by atoms with Crippen molar-refractivity contribution in [3.8, 4) is 5.75 Å².